The first-order valence-electron chi connectivity index (χ1n) is 9.62. The number of hydrogen-bond acceptors (Lipinski definition) is 1. The number of aromatic nitrogens is 1. The number of benzene rings is 3. The highest BCUT2D eigenvalue weighted by molar-refractivity contribution is 6.05. The molecule has 0 unspecified atom stereocenters. The molecular formula is C25H24N2O. The fraction of sp³-hybridized carbons (Fsp3) is 0.160. The van der Waals surface area contributed by atoms with Gasteiger partial charge >= 0.3 is 6.03 Å². The summed E-state index contributed by atoms with van der Waals surface area (Å²) in [6.07, 6.45) is 1.96. The molecule has 140 valence electrons. The van der Waals surface area contributed by atoms with Crippen LogP contribution in [-0.4, -0.2) is 10.6 Å². The summed E-state index contributed by atoms with van der Waals surface area (Å²) < 4.78 is 1.71. The summed E-state index contributed by atoms with van der Waals surface area (Å²) in [5.74, 6) is 0.402. The van der Waals surface area contributed by atoms with Crippen LogP contribution in [0, 0.1) is 6.92 Å². The van der Waals surface area contributed by atoms with E-state index in [1.165, 1.54) is 11.1 Å². The standard InChI is InChI=1S/C25H24N2O/c1-17(2)20-11-4-5-12-21(20)23-16-27(24-14-7-6-13-22(23)24)25(28)26-19-10-8-9-18(3)15-19/h4-17H,1-3H3,(H,26,28). The second kappa shape index (κ2) is 7.35. The Morgan fingerprint density at radius 3 is 2.43 bits per heavy atom. The van der Waals surface area contributed by atoms with Gasteiger partial charge in [0.15, 0.2) is 0 Å². The van der Waals surface area contributed by atoms with E-state index in [4.69, 9.17) is 0 Å². The maximum absolute atomic E-state index is 13.1. The maximum Gasteiger partial charge on any atom is 0.330 e. The first-order chi connectivity index (χ1) is 13.5. The molecule has 0 aliphatic carbocycles. The molecule has 0 spiro atoms. The van der Waals surface area contributed by atoms with Crippen LogP contribution >= 0.6 is 0 Å². The van der Waals surface area contributed by atoms with E-state index in [0.29, 0.717) is 5.92 Å². The lowest BCUT2D eigenvalue weighted by molar-refractivity contribution is 0.254. The molecule has 0 atom stereocenters. The lowest BCUT2D eigenvalue weighted by Gasteiger charge is -2.12. The van der Waals surface area contributed by atoms with Gasteiger partial charge in [0.05, 0.1) is 5.52 Å². The van der Waals surface area contributed by atoms with Crippen LogP contribution in [0.5, 0.6) is 0 Å². The summed E-state index contributed by atoms with van der Waals surface area (Å²) in [4.78, 5) is 13.1. The van der Waals surface area contributed by atoms with Crippen LogP contribution in [-0.2, 0) is 0 Å². The highest BCUT2D eigenvalue weighted by Crippen LogP contribution is 2.35. The number of rotatable bonds is 3. The third kappa shape index (κ3) is 3.31. The Balaban J connectivity index is 1.83. The second-order valence-electron chi connectivity index (χ2n) is 7.47. The smallest absolute Gasteiger partial charge is 0.307 e. The number of aryl methyl sites for hydroxylation is 1. The van der Waals surface area contributed by atoms with Crippen molar-refractivity contribution in [2.24, 2.45) is 0 Å². The van der Waals surface area contributed by atoms with Crippen LogP contribution in [0.4, 0.5) is 10.5 Å². The topological polar surface area (TPSA) is 34.0 Å². The van der Waals surface area contributed by atoms with Crippen LogP contribution in [0.2, 0.25) is 0 Å². The fourth-order valence-corrected chi connectivity index (χ4v) is 3.71. The summed E-state index contributed by atoms with van der Waals surface area (Å²) in [6, 6.07) is 24.2. The van der Waals surface area contributed by atoms with Crippen molar-refractivity contribution >= 4 is 22.6 Å². The number of hydrogen-bond donors (Lipinski definition) is 1. The molecule has 1 heterocycles. The Labute approximate surface area is 165 Å². The highest BCUT2D eigenvalue weighted by atomic mass is 16.2. The van der Waals surface area contributed by atoms with E-state index in [9.17, 15) is 4.79 Å². The summed E-state index contributed by atoms with van der Waals surface area (Å²) >= 11 is 0. The van der Waals surface area contributed by atoms with Crippen LogP contribution in [0.25, 0.3) is 22.0 Å². The van der Waals surface area contributed by atoms with Gasteiger partial charge in [-0.25, -0.2) is 4.79 Å². The van der Waals surface area contributed by atoms with E-state index in [-0.39, 0.29) is 6.03 Å². The Hall–Kier alpha value is -3.33. The van der Waals surface area contributed by atoms with Gasteiger partial charge in [0.25, 0.3) is 0 Å². The molecule has 0 aliphatic rings. The van der Waals surface area contributed by atoms with Crippen molar-refractivity contribution < 1.29 is 4.79 Å². The zero-order chi connectivity index (χ0) is 19.7. The molecular weight excluding hydrogens is 344 g/mol. The number of amides is 1. The molecule has 0 bridgehead atoms. The molecule has 3 aromatic carbocycles. The summed E-state index contributed by atoms with van der Waals surface area (Å²) in [7, 11) is 0. The second-order valence-corrected chi connectivity index (χ2v) is 7.47. The highest BCUT2D eigenvalue weighted by Gasteiger charge is 2.17. The maximum atomic E-state index is 13.1. The molecule has 1 amide bonds. The minimum absolute atomic E-state index is 0.157. The van der Waals surface area contributed by atoms with Crippen LogP contribution < -0.4 is 5.32 Å². The van der Waals surface area contributed by atoms with Gasteiger partial charge in [-0.05, 0) is 47.7 Å². The van der Waals surface area contributed by atoms with Gasteiger partial charge in [-0.1, -0.05) is 68.4 Å². The number of carbonyl (C=O) groups excluding carboxylic acids is 1. The van der Waals surface area contributed by atoms with Gasteiger partial charge in [-0.3, -0.25) is 4.57 Å². The van der Waals surface area contributed by atoms with Gasteiger partial charge in [-0.15, -0.1) is 0 Å². The van der Waals surface area contributed by atoms with Crippen molar-refractivity contribution in [3.05, 3.63) is 90.1 Å². The Morgan fingerprint density at radius 1 is 0.893 bits per heavy atom. The number of nitrogens with zero attached hydrogens (tertiary/aromatic N) is 1. The van der Waals surface area contributed by atoms with Crippen LogP contribution in [0.15, 0.2) is 79.0 Å². The van der Waals surface area contributed by atoms with Crippen LogP contribution in [0.1, 0.15) is 30.9 Å². The minimum Gasteiger partial charge on any atom is -0.307 e. The number of fused-ring (bicyclic) bond motifs is 1. The molecule has 3 heteroatoms. The number of carbonyl (C=O) groups is 1. The van der Waals surface area contributed by atoms with Crippen molar-refractivity contribution in [1.29, 1.82) is 0 Å². The molecule has 0 saturated heterocycles. The number of nitrogens with one attached hydrogen (secondary N) is 1. The van der Waals surface area contributed by atoms with Crippen molar-refractivity contribution in [3.63, 3.8) is 0 Å². The predicted octanol–water partition coefficient (Wildman–Crippen LogP) is 6.82. The van der Waals surface area contributed by atoms with Gasteiger partial charge in [0.1, 0.15) is 0 Å². The molecule has 28 heavy (non-hydrogen) atoms. The average molecular weight is 368 g/mol. The third-order valence-corrected chi connectivity index (χ3v) is 5.07. The van der Waals surface area contributed by atoms with Gasteiger partial charge in [0.2, 0.25) is 0 Å². The largest absolute Gasteiger partial charge is 0.330 e. The Kier molecular flexibility index (Phi) is 4.74. The van der Waals surface area contributed by atoms with Gasteiger partial charge in [0, 0.05) is 22.8 Å². The predicted molar refractivity (Wildman–Crippen MR) is 117 cm³/mol. The Bertz CT molecular complexity index is 1150. The summed E-state index contributed by atoms with van der Waals surface area (Å²) in [5.41, 5.74) is 6.36. The molecule has 4 rings (SSSR count). The van der Waals surface area contributed by atoms with E-state index in [1.54, 1.807) is 4.57 Å². The molecule has 3 nitrogen and oxygen atoms in total. The van der Waals surface area contributed by atoms with E-state index in [1.807, 2.05) is 55.6 Å². The van der Waals surface area contributed by atoms with Gasteiger partial charge < -0.3 is 5.32 Å². The van der Waals surface area contributed by atoms with Crippen LogP contribution in [0.3, 0.4) is 0 Å². The molecule has 0 fully saturated rings. The van der Waals surface area contributed by atoms with Gasteiger partial charge in [-0.2, -0.15) is 0 Å². The molecule has 0 aliphatic heterocycles. The van der Waals surface area contributed by atoms with Crippen molar-refractivity contribution in [1.82, 2.24) is 4.57 Å². The number of anilines is 1. The van der Waals surface area contributed by atoms with E-state index in [0.717, 1.165) is 27.7 Å². The SMILES string of the molecule is Cc1cccc(NC(=O)n2cc(-c3ccccc3C(C)C)c3ccccc32)c1. The lowest BCUT2D eigenvalue weighted by atomic mass is 9.92. The number of para-hydroxylation sites is 1. The van der Waals surface area contributed by atoms with E-state index < -0.39 is 0 Å². The van der Waals surface area contributed by atoms with Crippen molar-refractivity contribution in [2.45, 2.75) is 26.7 Å². The zero-order valence-corrected chi connectivity index (χ0v) is 16.4. The first kappa shape index (κ1) is 18.1. The third-order valence-electron chi connectivity index (χ3n) is 5.07. The molecule has 4 aromatic rings. The molecule has 0 saturated carbocycles. The van der Waals surface area contributed by atoms with E-state index >= 15 is 0 Å². The Morgan fingerprint density at radius 2 is 1.64 bits per heavy atom. The van der Waals surface area contributed by atoms with Crippen molar-refractivity contribution in [3.8, 4) is 11.1 Å². The molecule has 0 radical (unpaired) electrons. The lowest BCUT2D eigenvalue weighted by Crippen LogP contribution is -2.18. The minimum atomic E-state index is -0.157. The quantitative estimate of drug-likeness (QED) is 0.423. The molecule has 1 aromatic heterocycles. The first-order valence-corrected chi connectivity index (χ1v) is 9.62. The monoisotopic (exact) mass is 368 g/mol. The van der Waals surface area contributed by atoms with E-state index in [2.05, 4.69) is 49.5 Å². The fourth-order valence-electron chi connectivity index (χ4n) is 3.71. The van der Waals surface area contributed by atoms with Crippen molar-refractivity contribution in [2.75, 3.05) is 5.32 Å². The average Bonchev–Trinajstić information content (AvgIpc) is 3.08. The zero-order valence-electron chi connectivity index (χ0n) is 16.4. The molecule has 1 N–H and O–H groups in total. The summed E-state index contributed by atoms with van der Waals surface area (Å²) in [6.45, 7) is 6.41. The normalized spacial score (nSPS) is 11.1. The summed E-state index contributed by atoms with van der Waals surface area (Å²) in [5, 5.41) is 4.10.